The number of halogens is 1. The Kier molecular flexibility index (Phi) is 5.33. The molecule has 0 heterocycles. The topological polar surface area (TPSA) is 12.0 Å². The van der Waals surface area contributed by atoms with E-state index in [2.05, 4.69) is 39.9 Å². The summed E-state index contributed by atoms with van der Waals surface area (Å²) in [6.07, 6.45) is 1.00. The van der Waals surface area contributed by atoms with E-state index in [1.807, 2.05) is 12.1 Å². The molecule has 0 saturated heterocycles. The molecule has 1 aromatic rings. The fourth-order valence-electron chi connectivity index (χ4n) is 1.90. The van der Waals surface area contributed by atoms with E-state index in [1.165, 1.54) is 5.56 Å². The predicted molar refractivity (Wildman–Crippen MR) is 76.2 cm³/mol. The van der Waals surface area contributed by atoms with Gasteiger partial charge in [0.15, 0.2) is 0 Å². The van der Waals surface area contributed by atoms with Crippen LogP contribution < -0.4 is 5.32 Å². The van der Waals surface area contributed by atoms with E-state index in [9.17, 15) is 4.39 Å². The second-order valence-electron chi connectivity index (χ2n) is 6.47. The van der Waals surface area contributed by atoms with Crippen LogP contribution in [0.25, 0.3) is 0 Å². The first-order valence-corrected chi connectivity index (χ1v) is 6.77. The monoisotopic (exact) mass is 251 g/mol. The van der Waals surface area contributed by atoms with Gasteiger partial charge >= 0.3 is 0 Å². The van der Waals surface area contributed by atoms with Gasteiger partial charge in [0.25, 0.3) is 0 Å². The highest BCUT2D eigenvalue weighted by Gasteiger charge is 2.17. The summed E-state index contributed by atoms with van der Waals surface area (Å²) in [5.41, 5.74) is 1.36. The lowest BCUT2D eigenvalue weighted by Gasteiger charge is -2.27. The quantitative estimate of drug-likeness (QED) is 0.833. The zero-order valence-corrected chi connectivity index (χ0v) is 12.3. The Morgan fingerprint density at radius 2 is 1.67 bits per heavy atom. The van der Waals surface area contributed by atoms with Crippen LogP contribution in [0.1, 0.15) is 40.2 Å². The molecule has 0 amide bonds. The first-order valence-electron chi connectivity index (χ1n) is 6.77. The fourth-order valence-corrected chi connectivity index (χ4v) is 1.90. The molecule has 0 saturated carbocycles. The maximum Gasteiger partial charge on any atom is 0.123 e. The SMILES string of the molecule is CC(C)C(CNC(C)(C)C)Cc1ccc(F)cc1. The third-order valence-electron chi connectivity index (χ3n) is 3.25. The Morgan fingerprint density at radius 1 is 1.11 bits per heavy atom. The van der Waals surface area contributed by atoms with Crippen molar-refractivity contribution in [3.05, 3.63) is 35.6 Å². The molecule has 1 N–H and O–H groups in total. The van der Waals surface area contributed by atoms with Crippen molar-refractivity contribution in [1.29, 1.82) is 0 Å². The molecule has 0 fully saturated rings. The third-order valence-corrected chi connectivity index (χ3v) is 3.25. The van der Waals surface area contributed by atoms with Crippen molar-refractivity contribution in [2.45, 2.75) is 46.6 Å². The molecule has 1 nitrogen and oxygen atoms in total. The zero-order chi connectivity index (χ0) is 13.8. The highest BCUT2D eigenvalue weighted by atomic mass is 19.1. The Hall–Kier alpha value is -0.890. The van der Waals surface area contributed by atoms with Crippen LogP contribution in [0.3, 0.4) is 0 Å². The predicted octanol–water partition coefficient (Wildman–Crippen LogP) is 4.03. The van der Waals surface area contributed by atoms with Crippen LogP contribution >= 0.6 is 0 Å². The van der Waals surface area contributed by atoms with Gasteiger partial charge in [0.05, 0.1) is 0 Å². The van der Waals surface area contributed by atoms with Crippen molar-refractivity contribution < 1.29 is 4.39 Å². The second-order valence-corrected chi connectivity index (χ2v) is 6.47. The van der Waals surface area contributed by atoms with Crippen molar-refractivity contribution >= 4 is 0 Å². The summed E-state index contributed by atoms with van der Waals surface area (Å²) in [6.45, 7) is 12.0. The van der Waals surface area contributed by atoms with Gasteiger partial charge in [-0.1, -0.05) is 26.0 Å². The van der Waals surface area contributed by atoms with Crippen LogP contribution in [0, 0.1) is 17.7 Å². The van der Waals surface area contributed by atoms with E-state index in [0.717, 1.165) is 13.0 Å². The summed E-state index contributed by atoms with van der Waals surface area (Å²) in [6, 6.07) is 6.87. The molecule has 0 spiro atoms. The van der Waals surface area contributed by atoms with Gasteiger partial charge in [0.2, 0.25) is 0 Å². The van der Waals surface area contributed by atoms with Gasteiger partial charge in [-0.3, -0.25) is 0 Å². The molecular formula is C16H26FN. The second kappa shape index (κ2) is 6.33. The first-order chi connectivity index (χ1) is 8.28. The standard InChI is InChI=1S/C16H26FN/c1-12(2)14(11-18-16(3,4)5)10-13-6-8-15(17)9-7-13/h6-9,12,14,18H,10-11H2,1-5H3. The van der Waals surface area contributed by atoms with Gasteiger partial charge < -0.3 is 5.32 Å². The number of hydrogen-bond donors (Lipinski definition) is 1. The van der Waals surface area contributed by atoms with Gasteiger partial charge in [-0.2, -0.15) is 0 Å². The van der Waals surface area contributed by atoms with Crippen molar-refractivity contribution in [3.8, 4) is 0 Å². The smallest absolute Gasteiger partial charge is 0.123 e. The maximum absolute atomic E-state index is 12.9. The molecule has 0 radical (unpaired) electrons. The molecule has 1 atom stereocenters. The molecule has 1 rings (SSSR count). The van der Waals surface area contributed by atoms with Crippen LogP contribution in [0.15, 0.2) is 24.3 Å². The lowest BCUT2D eigenvalue weighted by Crippen LogP contribution is -2.40. The molecule has 2 heteroatoms. The molecule has 1 unspecified atom stereocenters. The molecule has 0 aliphatic rings. The molecule has 18 heavy (non-hydrogen) atoms. The Labute approximate surface area is 111 Å². The minimum Gasteiger partial charge on any atom is -0.312 e. The van der Waals surface area contributed by atoms with Gasteiger partial charge in [0.1, 0.15) is 5.82 Å². The average molecular weight is 251 g/mol. The highest BCUT2D eigenvalue weighted by Crippen LogP contribution is 2.18. The Bertz CT molecular complexity index is 348. The number of benzene rings is 1. The van der Waals surface area contributed by atoms with E-state index >= 15 is 0 Å². The Morgan fingerprint density at radius 3 is 2.11 bits per heavy atom. The number of nitrogens with one attached hydrogen (secondary N) is 1. The summed E-state index contributed by atoms with van der Waals surface area (Å²) < 4.78 is 12.9. The molecule has 0 aliphatic heterocycles. The number of rotatable bonds is 5. The lowest BCUT2D eigenvalue weighted by atomic mass is 9.88. The summed E-state index contributed by atoms with van der Waals surface area (Å²) in [4.78, 5) is 0. The van der Waals surface area contributed by atoms with E-state index < -0.39 is 0 Å². The fraction of sp³-hybridized carbons (Fsp3) is 0.625. The summed E-state index contributed by atoms with van der Waals surface area (Å²) in [5, 5.41) is 3.56. The zero-order valence-electron chi connectivity index (χ0n) is 12.3. The van der Waals surface area contributed by atoms with Crippen molar-refractivity contribution in [1.82, 2.24) is 5.32 Å². The maximum atomic E-state index is 12.9. The molecule has 102 valence electrons. The van der Waals surface area contributed by atoms with E-state index in [4.69, 9.17) is 0 Å². The van der Waals surface area contributed by atoms with Crippen LogP contribution in [0.5, 0.6) is 0 Å². The molecular weight excluding hydrogens is 225 g/mol. The summed E-state index contributed by atoms with van der Waals surface area (Å²) >= 11 is 0. The van der Waals surface area contributed by atoms with Gasteiger partial charge in [-0.05, 0) is 63.3 Å². The van der Waals surface area contributed by atoms with Crippen molar-refractivity contribution in [2.75, 3.05) is 6.54 Å². The van der Waals surface area contributed by atoms with Gasteiger partial charge in [0, 0.05) is 5.54 Å². The van der Waals surface area contributed by atoms with Crippen LogP contribution in [0.2, 0.25) is 0 Å². The minimum absolute atomic E-state index is 0.149. The third kappa shape index (κ3) is 5.63. The summed E-state index contributed by atoms with van der Waals surface area (Å²) in [5.74, 6) is 1.03. The lowest BCUT2D eigenvalue weighted by molar-refractivity contribution is 0.312. The largest absolute Gasteiger partial charge is 0.312 e. The van der Waals surface area contributed by atoms with Crippen LogP contribution in [-0.4, -0.2) is 12.1 Å². The van der Waals surface area contributed by atoms with Crippen molar-refractivity contribution in [2.24, 2.45) is 11.8 Å². The minimum atomic E-state index is -0.160. The van der Waals surface area contributed by atoms with Crippen LogP contribution in [0.4, 0.5) is 4.39 Å². The summed E-state index contributed by atoms with van der Waals surface area (Å²) in [7, 11) is 0. The highest BCUT2D eigenvalue weighted by molar-refractivity contribution is 5.16. The molecule has 0 aliphatic carbocycles. The van der Waals surface area contributed by atoms with Gasteiger partial charge in [-0.25, -0.2) is 4.39 Å². The number of hydrogen-bond acceptors (Lipinski definition) is 1. The van der Waals surface area contributed by atoms with E-state index in [-0.39, 0.29) is 11.4 Å². The first kappa shape index (κ1) is 15.2. The normalized spacial score (nSPS) is 13.9. The van der Waals surface area contributed by atoms with Crippen molar-refractivity contribution in [3.63, 3.8) is 0 Å². The molecule has 1 aromatic carbocycles. The Balaban J connectivity index is 2.60. The van der Waals surface area contributed by atoms with E-state index in [1.54, 1.807) is 12.1 Å². The van der Waals surface area contributed by atoms with E-state index in [0.29, 0.717) is 11.8 Å². The average Bonchev–Trinajstić information content (AvgIpc) is 2.25. The molecule has 0 aromatic heterocycles. The van der Waals surface area contributed by atoms with Crippen LogP contribution in [-0.2, 0) is 6.42 Å². The molecule has 0 bridgehead atoms. The van der Waals surface area contributed by atoms with Gasteiger partial charge in [-0.15, -0.1) is 0 Å².